The molecule has 1 aliphatic carbocycles. The molecule has 1 fully saturated rings. The Balaban J connectivity index is 2.35. The summed E-state index contributed by atoms with van der Waals surface area (Å²) in [6.45, 7) is 2.06. The van der Waals surface area contributed by atoms with Gasteiger partial charge in [-0.25, -0.2) is 9.50 Å². The Kier molecular flexibility index (Phi) is 1.32. The van der Waals surface area contributed by atoms with Gasteiger partial charge in [0, 0.05) is 0 Å². The Morgan fingerprint density at radius 3 is 2.93 bits per heavy atom. The Morgan fingerprint density at radius 1 is 1.43 bits per heavy atom. The topological polar surface area (TPSA) is 56.2 Å². The van der Waals surface area contributed by atoms with Crippen LogP contribution in [0.4, 0.5) is 0 Å². The smallest absolute Gasteiger partial charge is 0.155 e. The van der Waals surface area contributed by atoms with E-state index in [2.05, 4.69) is 23.1 Å². The van der Waals surface area contributed by atoms with Crippen LogP contribution in [0.5, 0.6) is 0 Å². The molecule has 0 unspecified atom stereocenters. The third kappa shape index (κ3) is 0.974. The monoisotopic (exact) mass is 188 g/mol. The molecule has 72 valence electrons. The first kappa shape index (κ1) is 7.94. The van der Waals surface area contributed by atoms with E-state index in [1.54, 1.807) is 6.33 Å². The number of hydrogen-bond acceptors (Lipinski definition) is 3. The highest BCUT2D eigenvalue weighted by Crippen LogP contribution is 2.42. The number of aromatic nitrogens is 3. The quantitative estimate of drug-likeness (QED) is 0.726. The van der Waals surface area contributed by atoms with Crippen LogP contribution in [0.25, 0.3) is 5.65 Å². The van der Waals surface area contributed by atoms with Crippen LogP contribution in [0.3, 0.4) is 0 Å². The van der Waals surface area contributed by atoms with Gasteiger partial charge in [0.15, 0.2) is 5.65 Å². The fourth-order valence-corrected chi connectivity index (χ4v) is 1.80. The highest BCUT2D eigenvalue weighted by Gasteiger charge is 2.42. The van der Waals surface area contributed by atoms with Crippen LogP contribution in [-0.4, -0.2) is 14.6 Å². The van der Waals surface area contributed by atoms with Gasteiger partial charge in [-0.3, -0.25) is 0 Å². The summed E-state index contributed by atoms with van der Waals surface area (Å²) in [5.74, 6) is 0. The summed E-state index contributed by atoms with van der Waals surface area (Å²) < 4.78 is 1.85. The minimum Gasteiger partial charge on any atom is -0.320 e. The first-order valence-corrected chi connectivity index (χ1v) is 4.79. The molecule has 0 bridgehead atoms. The standard InChI is InChI=1S/C10H12N4/c1-7-4-8(10(11)2-3-10)14-9(5-7)12-6-13-14/h4-6H,2-3,11H2,1H3. The van der Waals surface area contributed by atoms with Gasteiger partial charge in [0.05, 0.1) is 11.2 Å². The average molecular weight is 188 g/mol. The number of nitrogens with zero attached hydrogens (tertiary/aromatic N) is 3. The maximum absolute atomic E-state index is 6.17. The molecule has 0 saturated heterocycles. The van der Waals surface area contributed by atoms with Crippen molar-refractivity contribution < 1.29 is 0 Å². The van der Waals surface area contributed by atoms with E-state index in [-0.39, 0.29) is 5.54 Å². The third-order valence-electron chi connectivity index (χ3n) is 2.82. The van der Waals surface area contributed by atoms with Crippen molar-refractivity contribution >= 4 is 5.65 Å². The van der Waals surface area contributed by atoms with Crippen molar-refractivity contribution in [1.82, 2.24) is 14.6 Å². The van der Waals surface area contributed by atoms with Gasteiger partial charge in [-0.05, 0) is 37.5 Å². The Bertz CT molecular complexity index is 496. The molecule has 2 aromatic heterocycles. The third-order valence-corrected chi connectivity index (χ3v) is 2.82. The normalized spacial score (nSPS) is 18.7. The lowest BCUT2D eigenvalue weighted by Gasteiger charge is -2.11. The summed E-state index contributed by atoms with van der Waals surface area (Å²) in [6.07, 6.45) is 3.67. The van der Waals surface area contributed by atoms with Gasteiger partial charge in [-0.1, -0.05) is 0 Å². The van der Waals surface area contributed by atoms with Gasteiger partial charge in [0.25, 0.3) is 0 Å². The predicted octanol–water partition coefficient (Wildman–Crippen LogP) is 0.986. The fourth-order valence-electron chi connectivity index (χ4n) is 1.80. The van der Waals surface area contributed by atoms with E-state index in [1.807, 2.05) is 10.6 Å². The molecule has 2 heterocycles. The van der Waals surface area contributed by atoms with E-state index < -0.39 is 0 Å². The largest absolute Gasteiger partial charge is 0.320 e. The van der Waals surface area contributed by atoms with Crippen LogP contribution in [0.15, 0.2) is 18.5 Å². The molecule has 0 aliphatic heterocycles. The molecule has 2 aromatic rings. The summed E-state index contributed by atoms with van der Waals surface area (Å²) in [5, 5.41) is 4.19. The molecule has 14 heavy (non-hydrogen) atoms. The van der Waals surface area contributed by atoms with Crippen LogP contribution in [-0.2, 0) is 5.54 Å². The van der Waals surface area contributed by atoms with E-state index in [4.69, 9.17) is 5.73 Å². The zero-order valence-electron chi connectivity index (χ0n) is 8.07. The zero-order valence-corrected chi connectivity index (χ0v) is 8.07. The molecule has 3 rings (SSSR count). The molecule has 4 nitrogen and oxygen atoms in total. The maximum Gasteiger partial charge on any atom is 0.155 e. The number of nitrogens with two attached hydrogens (primary N) is 1. The molecule has 1 aliphatic rings. The van der Waals surface area contributed by atoms with Gasteiger partial charge >= 0.3 is 0 Å². The predicted molar refractivity (Wildman–Crippen MR) is 52.8 cm³/mol. The van der Waals surface area contributed by atoms with Gasteiger partial charge in [0.1, 0.15) is 6.33 Å². The van der Waals surface area contributed by atoms with E-state index in [0.29, 0.717) is 0 Å². The highest BCUT2D eigenvalue weighted by atomic mass is 15.3. The highest BCUT2D eigenvalue weighted by molar-refractivity contribution is 5.44. The first-order chi connectivity index (χ1) is 6.69. The van der Waals surface area contributed by atoms with Crippen LogP contribution < -0.4 is 5.73 Å². The number of aryl methyl sites for hydroxylation is 1. The molecule has 0 radical (unpaired) electrons. The summed E-state index contributed by atoms with van der Waals surface area (Å²) in [6, 6.07) is 4.12. The average Bonchev–Trinajstić information content (AvgIpc) is 2.74. The van der Waals surface area contributed by atoms with E-state index in [0.717, 1.165) is 24.2 Å². The van der Waals surface area contributed by atoms with Crippen molar-refractivity contribution in [1.29, 1.82) is 0 Å². The molecular weight excluding hydrogens is 176 g/mol. The molecule has 0 atom stereocenters. The van der Waals surface area contributed by atoms with Crippen molar-refractivity contribution in [3.63, 3.8) is 0 Å². The van der Waals surface area contributed by atoms with Crippen LogP contribution in [0.1, 0.15) is 24.1 Å². The zero-order chi connectivity index (χ0) is 9.76. The Morgan fingerprint density at radius 2 is 2.21 bits per heavy atom. The molecule has 0 spiro atoms. The number of hydrogen-bond donors (Lipinski definition) is 1. The molecule has 2 N–H and O–H groups in total. The van der Waals surface area contributed by atoms with Crippen molar-refractivity contribution in [3.05, 3.63) is 29.7 Å². The lowest BCUT2D eigenvalue weighted by molar-refractivity contribution is 0.667. The fraction of sp³-hybridized carbons (Fsp3) is 0.400. The maximum atomic E-state index is 6.17. The second kappa shape index (κ2) is 2.33. The van der Waals surface area contributed by atoms with Gasteiger partial charge < -0.3 is 5.73 Å². The van der Waals surface area contributed by atoms with E-state index in [9.17, 15) is 0 Å². The minimum absolute atomic E-state index is 0.155. The lowest BCUT2D eigenvalue weighted by Crippen LogP contribution is -2.22. The summed E-state index contributed by atoms with van der Waals surface area (Å²) >= 11 is 0. The number of fused-ring (bicyclic) bond motifs is 1. The van der Waals surface area contributed by atoms with Crippen LogP contribution in [0.2, 0.25) is 0 Å². The number of rotatable bonds is 1. The van der Waals surface area contributed by atoms with Crippen LogP contribution in [0, 0.1) is 6.92 Å². The second-order valence-corrected chi connectivity index (χ2v) is 4.10. The van der Waals surface area contributed by atoms with Gasteiger partial charge in [-0.2, -0.15) is 5.10 Å². The van der Waals surface area contributed by atoms with Crippen molar-refractivity contribution in [2.24, 2.45) is 5.73 Å². The van der Waals surface area contributed by atoms with E-state index >= 15 is 0 Å². The summed E-state index contributed by atoms with van der Waals surface area (Å²) in [7, 11) is 0. The molecule has 0 aromatic carbocycles. The van der Waals surface area contributed by atoms with Crippen molar-refractivity contribution in [2.45, 2.75) is 25.3 Å². The Hall–Kier alpha value is -1.42. The molecule has 1 saturated carbocycles. The molecule has 4 heteroatoms. The van der Waals surface area contributed by atoms with E-state index in [1.165, 1.54) is 5.56 Å². The van der Waals surface area contributed by atoms with Crippen molar-refractivity contribution in [2.75, 3.05) is 0 Å². The first-order valence-electron chi connectivity index (χ1n) is 4.79. The number of pyridine rings is 1. The lowest BCUT2D eigenvalue weighted by atomic mass is 10.1. The summed E-state index contributed by atoms with van der Waals surface area (Å²) in [5.41, 5.74) is 9.18. The SMILES string of the molecule is Cc1cc(C2(N)CC2)n2ncnc2c1. The Labute approximate surface area is 81.8 Å². The second-order valence-electron chi connectivity index (χ2n) is 4.10. The minimum atomic E-state index is -0.155. The van der Waals surface area contributed by atoms with Crippen LogP contribution >= 0.6 is 0 Å². The summed E-state index contributed by atoms with van der Waals surface area (Å²) in [4.78, 5) is 4.18. The molecule has 0 amide bonds. The van der Waals surface area contributed by atoms with Gasteiger partial charge in [0.2, 0.25) is 0 Å². The van der Waals surface area contributed by atoms with Crippen molar-refractivity contribution in [3.8, 4) is 0 Å². The van der Waals surface area contributed by atoms with Gasteiger partial charge in [-0.15, -0.1) is 0 Å². The molecular formula is C10H12N4.